The molecule has 0 amide bonds. The van der Waals surface area contributed by atoms with E-state index in [9.17, 15) is 4.79 Å². The lowest BCUT2D eigenvalue weighted by Gasteiger charge is -2.11. The molecule has 5 rings (SSSR count). The minimum atomic E-state index is -0.124. The summed E-state index contributed by atoms with van der Waals surface area (Å²) < 4.78 is 3.55. The molecule has 0 saturated carbocycles. The summed E-state index contributed by atoms with van der Waals surface area (Å²) in [5.41, 5.74) is 5.63. The van der Waals surface area contributed by atoms with Crippen LogP contribution in [0, 0.1) is 0 Å². The zero-order valence-electron chi connectivity index (χ0n) is 15.3. The van der Waals surface area contributed by atoms with E-state index in [-0.39, 0.29) is 5.56 Å². The average Bonchev–Trinajstić information content (AvgIpc) is 3.09. The van der Waals surface area contributed by atoms with Crippen molar-refractivity contribution in [2.75, 3.05) is 0 Å². The highest BCUT2D eigenvalue weighted by molar-refractivity contribution is 5.84. The van der Waals surface area contributed by atoms with E-state index < -0.39 is 0 Å². The highest BCUT2D eigenvalue weighted by Crippen LogP contribution is 2.25. The molecular weight excluding hydrogens is 350 g/mol. The van der Waals surface area contributed by atoms with Crippen molar-refractivity contribution in [3.05, 3.63) is 89.2 Å². The Morgan fingerprint density at radius 1 is 0.964 bits per heavy atom. The molecule has 2 aromatic carbocycles. The number of hydrogen-bond acceptors (Lipinski definition) is 4. The number of aromatic nitrogens is 5. The highest BCUT2D eigenvalue weighted by atomic mass is 16.1. The number of benzene rings is 2. The van der Waals surface area contributed by atoms with E-state index in [2.05, 4.69) is 39.3 Å². The van der Waals surface area contributed by atoms with E-state index in [1.807, 2.05) is 42.2 Å². The Hall–Kier alpha value is -3.80. The number of aryl methyl sites for hydroxylation is 1. The van der Waals surface area contributed by atoms with E-state index in [1.54, 1.807) is 17.0 Å². The SMILES string of the molecule is Cn1cc2cc(-c3cccc(Cn4c(=O)cnc5cnccc54)c3)ccc2n1. The maximum atomic E-state index is 12.4. The van der Waals surface area contributed by atoms with Crippen LogP contribution in [0.3, 0.4) is 0 Å². The smallest absolute Gasteiger partial charge is 0.269 e. The molecule has 0 unspecified atom stereocenters. The molecule has 0 aliphatic rings. The first-order valence-corrected chi connectivity index (χ1v) is 9.00. The average molecular weight is 367 g/mol. The molecule has 0 aliphatic carbocycles. The molecule has 5 aromatic rings. The summed E-state index contributed by atoms with van der Waals surface area (Å²) in [4.78, 5) is 20.7. The van der Waals surface area contributed by atoms with Gasteiger partial charge in [0.1, 0.15) is 5.52 Å². The van der Waals surface area contributed by atoms with E-state index in [0.29, 0.717) is 12.1 Å². The summed E-state index contributed by atoms with van der Waals surface area (Å²) in [5.74, 6) is 0. The normalized spacial score (nSPS) is 11.3. The van der Waals surface area contributed by atoms with Crippen LogP contribution in [0.25, 0.3) is 33.1 Å². The molecule has 0 spiro atoms. The van der Waals surface area contributed by atoms with Crippen molar-refractivity contribution in [3.63, 3.8) is 0 Å². The lowest BCUT2D eigenvalue weighted by Crippen LogP contribution is -2.21. The predicted molar refractivity (Wildman–Crippen MR) is 109 cm³/mol. The molecule has 0 radical (unpaired) electrons. The highest BCUT2D eigenvalue weighted by Gasteiger charge is 2.07. The van der Waals surface area contributed by atoms with Gasteiger partial charge < -0.3 is 4.57 Å². The maximum Gasteiger partial charge on any atom is 0.269 e. The molecule has 28 heavy (non-hydrogen) atoms. The second-order valence-electron chi connectivity index (χ2n) is 6.82. The van der Waals surface area contributed by atoms with Gasteiger partial charge in [0, 0.05) is 24.8 Å². The second kappa shape index (κ2) is 6.42. The van der Waals surface area contributed by atoms with Crippen LogP contribution in [0.5, 0.6) is 0 Å². The van der Waals surface area contributed by atoms with E-state index in [0.717, 1.165) is 33.1 Å². The number of fused-ring (bicyclic) bond motifs is 2. The van der Waals surface area contributed by atoms with Crippen LogP contribution in [0.4, 0.5) is 0 Å². The van der Waals surface area contributed by atoms with Gasteiger partial charge in [-0.2, -0.15) is 5.10 Å². The summed E-state index contributed by atoms with van der Waals surface area (Å²) in [6.07, 6.45) is 6.72. The first-order valence-electron chi connectivity index (χ1n) is 9.00. The molecule has 6 nitrogen and oxygen atoms in total. The van der Waals surface area contributed by atoms with Crippen molar-refractivity contribution >= 4 is 21.9 Å². The Morgan fingerprint density at radius 2 is 1.86 bits per heavy atom. The Bertz CT molecular complexity index is 1380. The largest absolute Gasteiger partial charge is 0.301 e. The van der Waals surface area contributed by atoms with Crippen LogP contribution in [0.2, 0.25) is 0 Å². The van der Waals surface area contributed by atoms with Gasteiger partial charge in [-0.05, 0) is 41.0 Å². The van der Waals surface area contributed by atoms with Crippen LogP contribution in [0.1, 0.15) is 5.56 Å². The minimum Gasteiger partial charge on any atom is -0.301 e. The van der Waals surface area contributed by atoms with Crippen LogP contribution in [0.15, 0.2) is 78.1 Å². The summed E-state index contributed by atoms with van der Waals surface area (Å²) in [6, 6.07) is 16.3. The molecule has 3 heterocycles. The van der Waals surface area contributed by atoms with Gasteiger partial charge >= 0.3 is 0 Å². The van der Waals surface area contributed by atoms with Crippen molar-refractivity contribution in [1.29, 1.82) is 0 Å². The molecule has 0 N–H and O–H groups in total. The molecule has 0 atom stereocenters. The molecule has 0 saturated heterocycles. The molecule has 3 aromatic heterocycles. The Kier molecular flexibility index (Phi) is 3.76. The van der Waals surface area contributed by atoms with Crippen molar-refractivity contribution < 1.29 is 0 Å². The first-order chi connectivity index (χ1) is 13.7. The Balaban J connectivity index is 1.56. The van der Waals surface area contributed by atoms with Crippen molar-refractivity contribution in [2.24, 2.45) is 7.05 Å². The Morgan fingerprint density at radius 3 is 2.79 bits per heavy atom. The Labute approximate surface area is 160 Å². The van der Waals surface area contributed by atoms with Crippen LogP contribution < -0.4 is 5.56 Å². The van der Waals surface area contributed by atoms with Gasteiger partial charge in [-0.3, -0.25) is 14.5 Å². The standard InChI is InChI=1S/C22H17N5O/c1-26-14-18-10-17(5-6-19(18)25-26)16-4-2-3-15(9-16)13-27-21-7-8-23-11-20(21)24-12-22(27)28/h2-12,14H,13H2,1H3. The van der Waals surface area contributed by atoms with Crippen molar-refractivity contribution in [1.82, 2.24) is 24.3 Å². The van der Waals surface area contributed by atoms with E-state index >= 15 is 0 Å². The van der Waals surface area contributed by atoms with Gasteiger partial charge in [0.25, 0.3) is 5.56 Å². The van der Waals surface area contributed by atoms with Gasteiger partial charge in [0.2, 0.25) is 0 Å². The van der Waals surface area contributed by atoms with Gasteiger partial charge in [0.15, 0.2) is 0 Å². The first kappa shape index (κ1) is 16.4. The van der Waals surface area contributed by atoms with Gasteiger partial charge in [-0.1, -0.05) is 24.3 Å². The molecule has 0 bridgehead atoms. The van der Waals surface area contributed by atoms with Gasteiger partial charge in [0.05, 0.1) is 30.0 Å². The second-order valence-corrected chi connectivity index (χ2v) is 6.82. The summed E-state index contributed by atoms with van der Waals surface area (Å²) in [5, 5.41) is 5.53. The molecule has 0 aliphatic heterocycles. The van der Waals surface area contributed by atoms with Crippen LogP contribution in [-0.4, -0.2) is 24.3 Å². The van der Waals surface area contributed by atoms with Crippen molar-refractivity contribution in [2.45, 2.75) is 6.54 Å². The van der Waals surface area contributed by atoms with Crippen LogP contribution in [-0.2, 0) is 13.6 Å². The fraction of sp³-hybridized carbons (Fsp3) is 0.0909. The minimum absolute atomic E-state index is 0.124. The molecule has 6 heteroatoms. The fourth-order valence-electron chi connectivity index (χ4n) is 3.54. The lowest BCUT2D eigenvalue weighted by atomic mass is 10.0. The number of hydrogen-bond donors (Lipinski definition) is 0. The predicted octanol–water partition coefficient (Wildman–Crippen LogP) is 3.39. The van der Waals surface area contributed by atoms with Gasteiger partial charge in [-0.25, -0.2) is 4.98 Å². The summed E-state index contributed by atoms with van der Waals surface area (Å²) in [6.45, 7) is 0.477. The number of rotatable bonds is 3. The fourth-order valence-corrected chi connectivity index (χ4v) is 3.54. The monoisotopic (exact) mass is 367 g/mol. The van der Waals surface area contributed by atoms with Gasteiger partial charge in [-0.15, -0.1) is 0 Å². The third-order valence-corrected chi connectivity index (χ3v) is 4.87. The molecule has 136 valence electrons. The zero-order valence-corrected chi connectivity index (χ0v) is 15.3. The summed E-state index contributed by atoms with van der Waals surface area (Å²) in [7, 11) is 1.92. The third-order valence-electron chi connectivity index (χ3n) is 4.87. The van der Waals surface area contributed by atoms with Crippen LogP contribution >= 0.6 is 0 Å². The molecule has 0 fully saturated rings. The van der Waals surface area contributed by atoms with Crippen molar-refractivity contribution in [3.8, 4) is 11.1 Å². The topological polar surface area (TPSA) is 65.6 Å². The summed E-state index contributed by atoms with van der Waals surface area (Å²) >= 11 is 0. The van der Waals surface area contributed by atoms with E-state index in [1.165, 1.54) is 6.20 Å². The third kappa shape index (κ3) is 2.85. The number of pyridine rings is 1. The number of nitrogens with zero attached hydrogens (tertiary/aromatic N) is 5. The molecular formula is C22H17N5O. The van der Waals surface area contributed by atoms with E-state index in [4.69, 9.17) is 0 Å². The quantitative estimate of drug-likeness (QED) is 0.490. The lowest BCUT2D eigenvalue weighted by molar-refractivity contribution is 0.780. The maximum absolute atomic E-state index is 12.4. The zero-order chi connectivity index (χ0) is 19.1.